The lowest BCUT2D eigenvalue weighted by atomic mass is 10.1. The number of sulfonamides is 1. The van der Waals surface area contributed by atoms with Crippen LogP contribution in [0.25, 0.3) is 0 Å². The summed E-state index contributed by atoms with van der Waals surface area (Å²) >= 11 is 0. The number of aryl methyl sites for hydroxylation is 2. The van der Waals surface area contributed by atoms with Crippen LogP contribution in [-0.2, 0) is 16.6 Å². The zero-order valence-electron chi connectivity index (χ0n) is 18.0. The van der Waals surface area contributed by atoms with Gasteiger partial charge in [-0.15, -0.1) is 0 Å². The maximum absolute atomic E-state index is 13.1. The van der Waals surface area contributed by atoms with Gasteiger partial charge in [-0.3, -0.25) is 9.52 Å². The Hall–Kier alpha value is -3.32. The van der Waals surface area contributed by atoms with Gasteiger partial charge in [-0.05, 0) is 61.4 Å². The van der Waals surface area contributed by atoms with E-state index in [9.17, 15) is 13.2 Å². The second-order valence-electron chi connectivity index (χ2n) is 7.46. The molecule has 0 saturated heterocycles. The van der Waals surface area contributed by atoms with Crippen LogP contribution in [0, 0.1) is 13.8 Å². The fourth-order valence-electron chi connectivity index (χ4n) is 3.12. The van der Waals surface area contributed by atoms with Crippen LogP contribution in [0.3, 0.4) is 0 Å². The predicted octanol–water partition coefficient (Wildman–Crippen LogP) is 4.39. The molecule has 0 aliphatic rings. The normalized spacial score (nSPS) is 11.1. The number of nitrogens with zero attached hydrogens (tertiary/aromatic N) is 1. The van der Waals surface area contributed by atoms with Crippen LogP contribution in [0.15, 0.2) is 71.6 Å². The zero-order valence-corrected chi connectivity index (χ0v) is 18.9. The first-order chi connectivity index (χ1) is 14.7. The highest BCUT2D eigenvalue weighted by Crippen LogP contribution is 2.21. The van der Waals surface area contributed by atoms with Crippen molar-refractivity contribution < 1.29 is 17.9 Å². The summed E-state index contributed by atoms with van der Waals surface area (Å²) in [6, 6.07) is 19.1. The topological polar surface area (TPSA) is 75.7 Å². The molecule has 3 rings (SSSR count). The number of nitrogens with one attached hydrogen (secondary N) is 1. The van der Waals surface area contributed by atoms with Gasteiger partial charge in [-0.25, -0.2) is 8.42 Å². The molecule has 7 heteroatoms. The van der Waals surface area contributed by atoms with Crippen LogP contribution in [-0.4, -0.2) is 33.4 Å². The maximum Gasteiger partial charge on any atom is 0.261 e. The second kappa shape index (κ2) is 9.22. The Labute approximate surface area is 183 Å². The van der Waals surface area contributed by atoms with Crippen LogP contribution < -0.4 is 9.46 Å². The van der Waals surface area contributed by atoms with Crippen LogP contribution >= 0.6 is 0 Å². The van der Waals surface area contributed by atoms with Gasteiger partial charge < -0.3 is 9.64 Å². The molecule has 1 N–H and O–H groups in total. The van der Waals surface area contributed by atoms with Gasteiger partial charge in [0, 0.05) is 24.8 Å². The molecule has 0 aliphatic carbocycles. The Morgan fingerprint density at radius 2 is 1.61 bits per heavy atom. The van der Waals surface area contributed by atoms with Crippen LogP contribution in [0.5, 0.6) is 5.75 Å². The summed E-state index contributed by atoms with van der Waals surface area (Å²) in [5.41, 5.74) is 3.50. The van der Waals surface area contributed by atoms with Crippen molar-refractivity contribution in [2.45, 2.75) is 25.3 Å². The van der Waals surface area contributed by atoms with Crippen molar-refractivity contribution in [1.29, 1.82) is 0 Å². The molecule has 0 heterocycles. The number of methoxy groups -OCH3 is 1. The second-order valence-corrected chi connectivity index (χ2v) is 9.14. The summed E-state index contributed by atoms with van der Waals surface area (Å²) in [5.74, 6) is 0.494. The SMILES string of the molecule is COc1ccc(CN(C)C(=O)c2cc(S(=O)(=O)Nc3ccc(C)cc3)ccc2C)cc1. The quantitative estimate of drug-likeness (QED) is 0.594. The van der Waals surface area contributed by atoms with E-state index >= 15 is 0 Å². The Morgan fingerprint density at radius 1 is 0.968 bits per heavy atom. The van der Waals surface area contributed by atoms with Gasteiger partial charge in [0.15, 0.2) is 0 Å². The molecule has 0 unspecified atom stereocenters. The number of ether oxygens (including phenoxy) is 1. The maximum atomic E-state index is 13.1. The third-order valence-corrected chi connectivity index (χ3v) is 6.36. The summed E-state index contributed by atoms with van der Waals surface area (Å²) in [6.07, 6.45) is 0. The van der Waals surface area contributed by atoms with E-state index < -0.39 is 10.0 Å². The van der Waals surface area contributed by atoms with Gasteiger partial charge >= 0.3 is 0 Å². The zero-order chi connectivity index (χ0) is 22.6. The molecule has 0 aromatic heterocycles. The summed E-state index contributed by atoms with van der Waals surface area (Å²) < 4.78 is 33.4. The molecule has 1 amide bonds. The smallest absolute Gasteiger partial charge is 0.261 e. The Bertz CT molecular complexity index is 1170. The van der Waals surface area contributed by atoms with E-state index in [1.807, 2.05) is 43.3 Å². The lowest BCUT2D eigenvalue weighted by Gasteiger charge is -2.19. The minimum Gasteiger partial charge on any atom is -0.497 e. The highest BCUT2D eigenvalue weighted by atomic mass is 32.2. The summed E-state index contributed by atoms with van der Waals surface area (Å²) in [4.78, 5) is 14.7. The van der Waals surface area contributed by atoms with E-state index in [0.717, 1.165) is 16.9 Å². The molecular weight excluding hydrogens is 412 g/mol. The monoisotopic (exact) mass is 438 g/mol. The fraction of sp³-hybridized carbons (Fsp3) is 0.208. The first-order valence-electron chi connectivity index (χ1n) is 9.78. The number of carbonyl (C=O) groups excluding carboxylic acids is 1. The molecule has 0 spiro atoms. The Kier molecular flexibility index (Phi) is 6.65. The molecule has 31 heavy (non-hydrogen) atoms. The van der Waals surface area contributed by atoms with Gasteiger partial charge in [0.2, 0.25) is 0 Å². The van der Waals surface area contributed by atoms with Gasteiger partial charge in [0.25, 0.3) is 15.9 Å². The van der Waals surface area contributed by atoms with Gasteiger partial charge in [0.1, 0.15) is 5.75 Å². The number of carbonyl (C=O) groups is 1. The highest BCUT2D eigenvalue weighted by molar-refractivity contribution is 7.92. The minimum atomic E-state index is -3.83. The Balaban J connectivity index is 1.81. The molecule has 0 radical (unpaired) electrons. The lowest BCUT2D eigenvalue weighted by Crippen LogP contribution is -2.27. The van der Waals surface area contributed by atoms with Gasteiger partial charge in [0.05, 0.1) is 12.0 Å². The molecule has 0 bridgehead atoms. The largest absolute Gasteiger partial charge is 0.497 e. The first kappa shape index (κ1) is 22.4. The van der Waals surface area contributed by atoms with Crippen molar-refractivity contribution in [3.63, 3.8) is 0 Å². The van der Waals surface area contributed by atoms with Crippen molar-refractivity contribution in [2.24, 2.45) is 0 Å². The van der Waals surface area contributed by atoms with Crippen LogP contribution in [0.1, 0.15) is 27.0 Å². The Morgan fingerprint density at radius 3 is 2.23 bits per heavy atom. The number of hydrogen-bond donors (Lipinski definition) is 1. The third kappa shape index (κ3) is 5.44. The molecule has 3 aromatic rings. The molecule has 0 saturated carbocycles. The summed E-state index contributed by atoms with van der Waals surface area (Å²) in [6.45, 7) is 4.11. The van der Waals surface area contributed by atoms with E-state index in [1.165, 1.54) is 12.1 Å². The van der Waals surface area contributed by atoms with E-state index in [-0.39, 0.29) is 10.8 Å². The highest BCUT2D eigenvalue weighted by Gasteiger charge is 2.20. The van der Waals surface area contributed by atoms with Crippen molar-refractivity contribution in [1.82, 2.24) is 4.90 Å². The van der Waals surface area contributed by atoms with E-state index in [0.29, 0.717) is 23.4 Å². The van der Waals surface area contributed by atoms with Crippen LogP contribution in [0.4, 0.5) is 5.69 Å². The number of hydrogen-bond acceptors (Lipinski definition) is 4. The van der Waals surface area contributed by atoms with E-state index in [4.69, 9.17) is 4.74 Å². The average Bonchev–Trinajstić information content (AvgIpc) is 2.75. The fourth-order valence-corrected chi connectivity index (χ4v) is 4.20. The van der Waals surface area contributed by atoms with E-state index in [2.05, 4.69) is 4.72 Å². The molecule has 6 nitrogen and oxygen atoms in total. The molecular formula is C24H26N2O4S. The van der Waals surface area contributed by atoms with Crippen molar-refractivity contribution >= 4 is 21.6 Å². The molecule has 3 aromatic carbocycles. The van der Waals surface area contributed by atoms with Gasteiger partial charge in [-0.2, -0.15) is 0 Å². The first-order valence-corrected chi connectivity index (χ1v) is 11.3. The molecule has 0 atom stereocenters. The van der Waals surface area contributed by atoms with Crippen molar-refractivity contribution in [2.75, 3.05) is 18.9 Å². The molecule has 162 valence electrons. The molecule has 0 fully saturated rings. The third-order valence-electron chi connectivity index (χ3n) is 4.98. The average molecular weight is 439 g/mol. The number of anilines is 1. The summed E-state index contributed by atoms with van der Waals surface area (Å²) in [7, 11) is -0.534. The lowest BCUT2D eigenvalue weighted by molar-refractivity contribution is 0.0784. The van der Waals surface area contributed by atoms with Crippen molar-refractivity contribution in [3.8, 4) is 5.75 Å². The summed E-state index contributed by atoms with van der Waals surface area (Å²) in [5, 5.41) is 0. The van der Waals surface area contributed by atoms with E-state index in [1.54, 1.807) is 44.2 Å². The van der Waals surface area contributed by atoms with Crippen LogP contribution in [0.2, 0.25) is 0 Å². The van der Waals surface area contributed by atoms with Crippen molar-refractivity contribution in [3.05, 3.63) is 89.0 Å². The predicted molar refractivity (Wildman–Crippen MR) is 122 cm³/mol. The standard InChI is InChI=1S/C24H26N2O4S/c1-17-5-10-20(11-6-17)25-31(28,29)22-14-7-18(2)23(15-22)24(27)26(3)16-19-8-12-21(30-4)13-9-19/h5-15,25H,16H2,1-4H3. The van der Waals surface area contributed by atoms with Gasteiger partial charge in [-0.1, -0.05) is 35.9 Å². The minimum absolute atomic E-state index is 0.0415. The number of rotatable bonds is 7. The number of benzene rings is 3. The number of amides is 1. The molecule has 0 aliphatic heterocycles.